The lowest BCUT2D eigenvalue weighted by molar-refractivity contribution is -0.115. The van der Waals surface area contributed by atoms with Gasteiger partial charge in [-0.25, -0.2) is 13.2 Å². The fraction of sp³-hybridized carbons (Fsp3) is 0.636. The second kappa shape index (κ2) is 10.4. The van der Waals surface area contributed by atoms with E-state index >= 15 is 0 Å². The summed E-state index contributed by atoms with van der Waals surface area (Å²) in [4.78, 5) is 28.6. The van der Waals surface area contributed by atoms with Crippen LogP contribution in [-0.2, 0) is 25.9 Å². The van der Waals surface area contributed by atoms with Gasteiger partial charge in [0.1, 0.15) is 15.4 Å². The SMILES string of the molecule is Cc1c(CN2CCN(C(=O)OC(C)(C)C)C(C)C2)cc(Cl)cc1NC(=O)CCS(C)(=O)=O. The summed E-state index contributed by atoms with van der Waals surface area (Å²) in [6, 6.07) is 3.53. The maximum Gasteiger partial charge on any atom is 0.410 e. The standard InChI is InChI=1S/C22H34ClN3O5S/c1-15-13-25(8-9-26(15)21(28)31-22(3,4)5)14-17-11-18(23)12-19(16(17)2)24-20(27)7-10-32(6,29)30/h11-12,15H,7-10,13-14H2,1-6H3,(H,24,27). The summed E-state index contributed by atoms with van der Waals surface area (Å²) in [5.41, 5.74) is 1.89. The average Bonchev–Trinajstić information content (AvgIpc) is 2.62. The Labute approximate surface area is 196 Å². The molecule has 1 N–H and O–H groups in total. The van der Waals surface area contributed by atoms with E-state index in [4.69, 9.17) is 16.3 Å². The Morgan fingerprint density at radius 2 is 1.91 bits per heavy atom. The van der Waals surface area contributed by atoms with Crippen molar-refractivity contribution in [1.29, 1.82) is 0 Å². The molecule has 0 saturated carbocycles. The number of benzene rings is 1. The first-order valence-corrected chi connectivity index (χ1v) is 13.1. The fourth-order valence-electron chi connectivity index (χ4n) is 3.53. The molecule has 1 unspecified atom stereocenters. The van der Waals surface area contributed by atoms with Gasteiger partial charge >= 0.3 is 6.09 Å². The number of nitrogens with zero attached hydrogens (tertiary/aromatic N) is 2. The lowest BCUT2D eigenvalue weighted by Crippen LogP contribution is -2.54. The number of piperazine rings is 1. The predicted molar refractivity (Wildman–Crippen MR) is 127 cm³/mol. The quantitative estimate of drug-likeness (QED) is 0.660. The van der Waals surface area contributed by atoms with Crippen LogP contribution < -0.4 is 5.32 Å². The van der Waals surface area contributed by atoms with Gasteiger partial charge in [-0.2, -0.15) is 0 Å². The number of carbonyl (C=O) groups is 2. The van der Waals surface area contributed by atoms with E-state index in [1.54, 1.807) is 11.0 Å². The smallest absolute Gasteiger partial charge is 0.410 e. The Morgan fingerprint density at radius 1 is 1.25 bits per heavy atom. The topological polar surface area (TPSA) is 96.0 Å². The highest BCUT2D eigenvalue weighted by molar-refractivity contribution is 7.90. The Hall–Kier alpha value is -1.84. The van der Waals surface area contributed by atoms with E-state index < -0.39 is 15.4 Å². The highest BCUT2D eigenvalue weighted by atomic mass is 35.5. The minimum absolute atomic E-state index is 0.00624. The van der Waals surface area contributed by atoms with Crippen LogP contribution >= 0.6 is 11.6 Å². The van der Waals surface area contributed by atoms with Crippen LogP contribution in [0.25, 0.3) is 0 Å². The molecule has 180 valence electrons. The zero-order valence-electron chi connectivity index (χ0n) is 19.7. The monoisotopic (exact) mass is 487 g/mol. The van der Waals surface area contributed by atoms with E-state index in [2.05, 4.69) is 10.2 Å². The van der Waals surface area contributed by atoms with Gasteiger partial charge in [0, 0.05) is 55.6 Å². The number of ether oxygens (including phenoxy) is 1. The van der Waals surface area contributed by atoms with Gasteiger partial charge in [-0.05, 0) is 57.9 Å². The molecule has 1 fully saturated rings. The van der Waals surface area contributed by atoms with Crippen molar-refractivity contribution in [1.82, 2.24) is 9.80 Å². The third kappa shape index (κ3) is 8.26. The fourth-order valence-corrected chi connectivity index (χ4v) is 4.33. The van der Waals surface area contributed by atoms with E-state index in [-0.39, 0.29) is 30.2 Å². The van der Waals surface area contributed by atoms with Gasteiger partial charge in [0.05, 0.1) is 5.75 Å². The molecule has 0 bridgehead atoms. The van der Waals surface area contributed by atoms with Crippen LogP contribution in [0.2, 0.25) is 5.02 Å². The minimum atomic E-state index is -3.21. The maximum absolute atomic E-state index is 12.4. The predicted octanol–water partition coefficient (Wildman–Crippen LogP) is 3.46. The number of hydrogen-bond donors (Lipinski definition) is 1. The molecule has 32 heavy (non-hydrogen) atoms. The Bertz CT molecular complexity index is 959. The molecule has 10 heteroatoms. The molecule has 0 spiro atoms. The van der Waals surface area contributed by atoms with E-state index in [9.17, 15) is 18.0 Å². The summed E-state index contributed by atoms with van der Waals surface area (Å²) in [5.74, 6) is -0.572. The van der Waals surface area contributed by atoms with E-state index in [1.165, 1.54) is 0 Å². The lowest BCUT2D eigenvalue weighted by atomic mass is 10.0. The zero-order chi connectivity index (χ0) is 24.3. The van der Waals surface area contributed by atoms with Gasteiger partial charge < -0.3 is 15.0 Å². The van der Waals surface area contributed by atoms with Gasteiger partial charge in [-0.15, -0.1) is 0 Å². The average molecular weight is 488 g/mol. The van der Waals surface area contributed by atoms with Crippen molar-refractivity contribution in [2.24, 2.45) is 0 Å². The Balaban J connectivity index is 2.04. The third-order valence-electron chi connectivity index (χ3n) is 5.19. The minimum Gasteiger partial charge on any atom is -0.444 e. The van der Waals surface area contributed by atoms with Crippen molar-refractivity contribution in [3.63, 3.8) is 0 Å². The highest BCUT2D eigenvalue weighted by Crippen LogP contribution is 2.27. The molecule has 1 aliphatic rings. The molecule has 1 saturated heterocycles. The van der Waals surface area contributed by atoms with Crippen LogP contribution in [0.15, 0.2) is 12.1 Å². The molecule has 2 amide bonds. The van der Waals surface area contributed by atoms with Gasteiger partial charge in [0.15, 0.2) is 0 Å². The Kier molecular flexibility index (Phi) is 8.58. The van der Waals surface area contributed by atoms with Gasteiger partial charge in [0.2, 0.25) is 5.91 Å². The molecule has 1 aromatic carbocycles. The van der Waals surface area contributed by atoms with E-state index in [0.717, 1.165) is 17.4 Å². The molecule has 1 heterocycles. The van der Waals surface area contributed by atoms with Crippen molar-refractivity contribution < 1.29 is 22.7 Å². The summed E-state index contributed by atoms with van der Waals surface area (Å²) in [5, 5.41) is 3.27. The highest BCUT2D eigenvalue weighted by Gasteiger charge is 2.31. The van der Waals surface area contributed by atoms with E-state index in [0.29, 0.717) is 36.9 Å². The van der Waals surface area contributed by atoms with Gasteiger partial charge in [-0.1, -0.05) is 11.6 Å². The molecule has 0 radical (unpaired) electrons. The van der Waals surface area contributed by atoms with Crippen LogP contribution in [-0.4, -0.2) is 73.5 Å². The summed E-state index contributed by atoms with van der Waals surface area (Å²) in [6.45, 7) is 12.0. The number of anilines is 1. The van der Waals surface area contributed by atoms with Crippen LogP contribution in [0.5, 0.6) is 0 Å². The van der Waals surface area contributed by atoms with Crippen LogP contribution in [0.4, 0.5) is 10.5 Å². The number of hydrogen-bond acceptors (Lipinski definition) is 6. The molecule has 2 rings (SSSR count). The van der Waals surface area contributed by atoms with Crippen molar-refractivity contribution in [2.45, 2.75) is 59.2 Å². The number of sulfone groups is 1. The number of carbonyl (C=O) groups excluding carboxylic acids is 2. The van der Waals surface area contributed by atoms with Crippen molar-refractivity contribution >= 4 is 39.1 Å². The molecule has 1 atom stereocenters. The second-order valence-electron chi connectivity index (χ2n) is 9.42. The van der Waals surface area contributed by atoms with Crippen LogP contribution in [0.3, 0.4) is 0 Å². The zero-order valence-corrected chi connectivity index (χ0v) is 21.3. The first-order chi connectivity index (χ1) is 14.6. The molecule has 0 aliphatic carbocycles. The van der Waals surface area contributed by atoms with Crippen molar-refractivity contribution in [3.8, 4) is 0 Å². The molecule has 0 aromatic heterocycles. The number of rotatable bonds is 6. The third-order valence-corrected chi connectivity index (χ3v) is 6.35. The molecule has 1 aliphatic heterocycles. The van der Waals surface area contributed by atoms with Gasteiger partial charge in [0.25, 0.3) is 0 Å². The summed E-state index contributed by atoms with van der Waals surface area (Å²) >= 11 is 6.29. The molecule has 8 nitrogen and oxygen atoms in total. The van der Waals surface area contributed by atoms with Crippen molar-refractivity contribution in [2.75, 3.05) is 37.0 Å². The number of amides is 2. The second-order valence-corrected chi connectivity index (χ2v) is 12.1. The first kappa shape index (κ1) is 26.4. The summed E-state index contributed by atoms with van der Waals surface area (Å²) < 4.78 is 28.1. The van der Waals surface area contributed by atoms with Crippen molar-refractivity contribution in [3.05, 3.63) is 28.3 Å². The normalized spacial score (nSPS) is 17.8. The molecule has 1 aromatic rings. The Morgan fingerprint density at radius 3 is 2.47 bits per heavy atom. The summed E-state index contributed by atoms with van der Waals surface area (Å²) in [6.07, 6.45) is 0.694. The maximum atomic E-state index is 12.4. The lowest BCUT2D eigenvalue weighted by Gasteiger charge is -2.40. The molecular formula is C22H34ClN3O5S. The van der Waals surface area contributed by atoms with E-state index in [1.807, 2.05) is 40.7 Å². The van der Waals surface area contributed by atoms with Crippen LogP contribution in [0, 0.1) is 6.92 Å². The van der Waals surface area contributed by atoms with Crippen LogP contribution in [0.1, 0.15) is 45.2 Å². The molecular weight excluding hydrogens is 454 g/mol. The first-order valence-electron chi connectivity index (χ1n) is 10.6. The van der Waals surface area contributed by atoms with Gasteiger partial charge in [-0.3, -0.25) is 9.69 Å². The summed E-state index contributed by atoms with van der Waals surface area (Å²) in [7, 11) is -3.21. The largest absolute Gasteiger partial charge is 0.444 e. The number of halogens is 1. The number of nitrogens with one attached hydrogen (secondary N) is 1.